The topological polar surface area (TPSA) is 75.9 Å². The Morgan fingerprint density at radius 2 is 1.96 bits per heavy atom. The summed E-state index contributed by atoms with van der Waals surface area (Å²) in [5.74, 6) is 0. The highest BCUT2D eigenvalue weighted by atomic mass is 32.2. The molecule has 6 nitrogen and oxygen atoms in total. The number of sulfonamides is 1. The first-order valence-electron chi connectivity index (χ1n) is 8.46. The van der Waals surface area contributed by atoms with Gasteiger partial charge in [0.15, 0.2) is 0 Å². The molecule has 0 radical (unpaired) electrons. The molecule has 1 saturated heterocycles. The molecule has 1 aromatic carbocycles. The van der Waals surface area contributed by atoms with Crippen LogP contribution in [-0.2, 0) is 14.8 Å². The van der Waals surface area contributed by atoms with Crippen molar-refractivity contribution in [2.45, 2.75) is 37.2 Å². The molecule has 1 aromatic rings. The van der Waals surface area contributed by atoms with Crippen molar-refractivity contribution in [2.75, 3.05) is 45.2 Å². The minimum absolute atomic E-state index is 0.137. The average Bonchev–Trinajstić information content (AvgIpc) is 2.55. The maximum absolute atomic E-state index is 12.9. The Balaban J connectivity index is 2.05. The van der Waals surface area contributed by atoms with Crippen LogP contribution in [0, 0.1) is 6.92 Å². The summed E-state index contributed by atoms with van der Waals surface area (Å²) in [6.45, 7) is 4.25. The van der Waals surface area contributed by atoms with Crippen LogP contribution < -0.4 is 10.6 Å². The van der Waals surface area contributed by atoms with Gasteiger partial charge in [0.25, 0.3) is 0 Å². The van der Waals surface area contributed by atoms with Gasteiger partial charge in [-0.15, -0.1) is 0 Å². The normalized spacial score (nSPS) is 17.2. The second kappa shape index (κ2) is 8.29. The van der Waals surface area contributed by atoms with Crippen LogP contribution in [0.1, 0.15) is 24.8 Å². The molecule has 0 unspecified atom stereocenters. The average molecular weight is 356 g/mol. The standard InChI is InChI=1S/C17H29N3O3S/c1-14-5-6-16(13-17(14)19(2)3)24(21,22)20-10-7-15(8-11-20)23-12-4-9-18/h5-6,13,15H,4,7-12,18H2,1-3H3. The van der Waals surface area contributed by atoms with Crippen LogP contribution in [-0.4, -0.2) is 59.2 Å². The van der Waals surface area contributed by atoms with Gasteiger partial charge in [0.2, 0.25) is 10.0 Å². The molecular weight excluding hydrogens is 326 g/mol. The lowest BCUT2D eigenvalue weighted by Crippen LogP contribution is -2.41. The zero-order valence-corrected chi connectivity index (χ0v) is 15.7. The number of ether oxygens (including phenoxy) is 1. The Hall–Kier alpha value is -1.15. The van der Waals surface area contributed by atoms with Gasteiger partial charge in [0.05, 0.1) is 11.0 Å². The van der Waals surface area contributed by atoms with E-state index in [1.54, 1.807) is 16.4 Å². The lowest BCUT2D eigenvalue weighted by atomic mass is 10.1. The summed E-state index contributed by atoms with van der Waals surface area (Å²) in [7, 11) is 0.387. The molecule has 1 fully saturated rings. The lowest BCUT2D eigenvalue weighted by Gasteiger charge is -2.31. The summed E-state index contributed by atoms with van der Waals surface area (Å²) in [4.78, 5) is 2.30. The molecule has 0 bridgehead atoms. The number of anilines is 1. The third kappa shape index (κ3) is 4.47. The van der Waals surface area contributed by atoms with Gasteiger partial charge in [0, 0.05) is 39.5 Å². The van der Waals surface area contributed by atoms with E-state index in [9.17, 15) is 8.42 Å². The first-order chi connectivity index (χ1) is 11.4. The van der Waals surface area contributed by atoms with Crippen LogP contribution in [0.2, 0.25) is 0 Å². The maximum Gasteiger partial charge on any atom is 0.243 e. The molecule has 2 N–H and O–H groups in total. The first-order valence-corrected chi connectivity index (χ1v) is 9.90. The van der Waals surface area contributed by atoms with Crippen molar-refractivity contribution in [3.05, 3.63) is 23.8 Å². The number of benzene rings is 1. The van der Waals surface area contributed by atoms with E-state index in [2.05, 4.69) is 0 Å². The fraction of sp³-hybridized carbons (Fsp3) is 0.647. The molecule has 136 valence electrons. The Morgan fingerprint density at radius 3 is 2.54 bits per heavy atom. The van der Waals surface area contributed by atoms with Gasteiger partial charge in [-0.1, -0.05) is 6.07 Å². The monoisotopic (exact) mass is 355 g/mol. The van der Waals surface area contributed by atoms with Gasteiger partial charge in [-0.3, -0.25) is 0 Å². The highest BCUT2D eigenvalue weighted by molar-refractivity contribution is 7.89. The van der Waals surface area contributed by atoms with Gasteiger partial charge in [-0.25, -0.2) is 8.42 Å². The Labute approximate surface area is 145 Å². The van der Waals surface area contributed by atoms with Crippen LogP contribution in [0.25, 0.3) is 0 Å². The number of hydrogen-bond acceptors (Lipinski definition) is 5. The molecular formula is C17H29N3O3S. The summed E-state index contributed by atoms with van der Waals surface area (Å²) in [6.07, 6.45) is 2.44. The molecule has 0 amide bonds. The molecule has 0 atom stereocenters. The number of nitrogens with zero attached hydrogens (tertiary/aromatic N) is 2. The van der Waals surface area contributed by atoms with Gasteiger partial charge in [-0.05, 0) is 50.4 Å². The number of rotatable bonds is 7. The van der Waals surface area contributed by atoms with Crippen molar-refractivity contribution < 1.29 is 13.2 Å². The van der Waals surface area contributed by atoms with Crippen molar-refractivity contribution in [2.24, 2.45) is 5.73 Å². The van der Waals surface area contributed by atoms with Crippen molar-refractivity contribution >= 4 is 15.7 Å². The summed E-state index contributed by atoms with van der Waals surface area (Å²) >= 11 is 0. The van der Waals surface area contributed by atoms with Crippen molar-refractivity contribution in [1.29, 1.82) is 0 Å². The van der Waals surface area contributed by atoms with E-state index >= 15 is 0 Å². The van der Waals surface area contributed by atoms with E-state index in [1.807, 2.05) is 32.0 Å². The van der Waals surface area contributed by atoms with Crippen LogP contribution >= 0.6 is 0 Å². The van der Waals surface area contributed by atoms with Crippen LogP contribution in [0.3, 0.4) is 0 Å². The summed E-state index contributed by atoms with van der Waals surface area (Å²) in [5, 5.41) is 0. The second-order valence-electron chi connectivity index (χ2n) is 6.46. The van der Waals surface area contributed by atoms with E-state index < -0.39 is 10.0 Å². The zero-order valence-electron chi connectivity index (χ0n) is 14.9. The molecule has 1 aliphatic rings. The fourth-order valence-electron chi connectivity index (χ4n) is 2.95. The lowest BCUT2D eigenvalue weighted by molar-refractivity contribution is 0.0209. The van der Waals surface area contributed by atoms with Gasteiger partial charge in [0.1, 0.15) is 0 Å². The quantitative estimate of drug-likeness (QED) is 0.752. The van der Waals surface area contributed by atoms with E-state index in [-0.39, 0.29) is 6.10 Å². The molecule has 0 aliphatic carbocycles. The molecule has 1 aliphatic heterocycles. The predicted octanol–water partition coefficient (Wildman–Crippen LogP) is 1.58. The second-order valence-corrected chi connectivity index (χ2v) is 8.40. The van der Waals surface area contributed by atoms with Crippen LogP contribution in [0.4, 0.5) is 5.69 Å². The summed E-state index contributed by atoms with van der Waals surface area (Å²) in [6, 6.07) is 5.32. The van der Waals surface area contributed by atoms with Crippen molar-refractivity contribution in [3.63, 3.8) is 0 Å². The minimum Gasteiger partial charge on any atom is -0.378 e. The van der Waals surface area contributed by atoms with Gasteiger partial charge < -0.3 is 15.4 Å². The van der Waals surface area contributed by atoms with E-state index in [1.165, 1.54) is 0 Å². The molecule has 0 saturated carbocycles. The summed E-state index contributed by atoms with van der Waals surface area (Å²) in [5.41, 5.74) is 7.45. The Morgan fingerprint density at radius 1 is 1.29 bits per heavy atom. The third-order valence-electron chi connectivity index (χ3n) is 4.40. The molecule has 0 aromatic heterocycles. The fourth-order valence-corrected chi connectivity index (χ4v) is 4.44. The Bertz CT molecular complexity index is 638. The van der Waals surface area contributed by atoms with Gasteiger partial charge >= 0.3 is 0 Å². The smallest absolute Gasteiger partial charge is 0.243 e. The highest BCUT2D eigenvalue weighted by Gasteiger charge is 2.30. The molecule has 1 heterocycles. The number of aryl methyl sites for hydroxylation is 1. The largest absolute Gasteiger partial charge is 0.378 e. The van der Waals surface area contributed by atoms with Crippen molar-refractivity contribution in [3.8, 4) is 0 Å². The minimum atomic E-state index is -3.45. The number of nitrogens with two attached hydrogens (primary N) is 1. The predicted molar refractivity (Wildman–Crippen MR) is 96.9 cm³/mol. The van der Waals surface area contributed by atoms with Crippen LogP contribution in [0.15, 0.2) is 23.1 Å². The number of piperidine rings is 1. The molecule has 2 rings (SSSR count). The first kappa shape index (κ1) is 19.2. The molecule has 0 spiro atoms. The Kier molecular flexibility index (Phi) is 6.62. The van der Waals surface area contributed by atoms with Crippen molar-refractivity contribution in [1.82, 2.24) is 4.31 Å². The maximum atomic E-state index is 12.9. The zero-order chi connectivity index (χ0) is 17.7. The van der Waals surface area contributed by atoms with Crippen LogP contribution in [0.5, 0.6) is 0 Å². The van der Waals surface area contributed by atoms with E-state index in [4.69, 9.17) is 10.5 Å². The van der Waals surface area contributed by atoms with E-state index in [0.717, 1.165) is 30.5 Å². The molecule has 7 heteroatoms. The number of hydrogen-bond donors (Lipinski definition) is 1. The van der Waals surface area contributed by atoms with Gasteiger partial charge in [-0.2, -0.15) is 4.31 Å². The summed E-state index contributed by atoms with van der Waals surface area (Å²) < 4.78 is 33.1. The third-order valence-corrected chi connectivity index (χ3v) is 6.30. The molecule has 24 heavy (non-hydrogen) atoms. The SMILES string of the molecule is Cc1ccc(S(=O)(=O)N2CCC(OCCCN)CC2)cc1N(C)C. The highest BCUT2D eigenvalue weighted by Crippen LogP contribution is 2.27. The van der Waals surface area contributed by atoms with E-state index in [0.29, 0.717) is 31.1 Å².